The molecule has 0 radical (unpaired) electrons. The summed E-state index contributed by atoms with van der Waals surface area (Å²) in [4.78, 5) is 19.4. The molecule has 6 nitrogen and oxygen atoms in total. The molecule has 39 heavy (non-hydrogen) atoms. The van der Waals surface area contributed by atoms with Gasteiger partial charge in [-0.25, -0.2) is 4.39 Å². The zero-order chi connectivity index (χ0) is 27.6. The van der Waals surface area contributed by atoms with Crippen molar-refractivity contribution in [1.82, 2.24) is 15.0 Å². The molecular formula is C32H34FN3O3. The maximum Gasteiger partial charge on any atom is 0.312 e. The van der Waals surface area contributed by atoms with Crippen LogP contribution in [0.25, 0.3) is 34.0 Å². The summed E-state index contributed by atoms with van der Waals surface area (Å²) in [5.41, 5.74) is 2.58. The van der Waals surface area contributed by atoms with Crippen molar-refractivity contribution in [2.75, 3.05) is 6.54 Å². The Labute approximate surface area is 228 Å². The molecule has 0 bridgehead atoms. The summed E-state index contributed by atoms with van der Waals surface area (Å²) in [5.74, 6) is 0.166. The van der Waals surface area contributed by atoms with E-state index in [2.05, 4.69) is 15.0 Å². The molecule has 1 saturated heterocycles. The molecule has 5 rings (SSSR count). The molecule has 202 valence electrons. The van der Waals surface area contributed by atoms with Crippen molar-refractivity contribution in [3.63, 3.8) is 0 Å². The maximum atomic E-state index is 14.8. The Balaban J connectivity index is 1.29. The molecule has 7 heteroatoms. The predicted molar refractivity (Wildman–Crippen MR) is 149 cm³/mol. The second-order valence-corrected chi connectivity index (χ2v) is 11.4. The fourth-order valence-electron chi connectivity index (χ4n) is 4.80. The van der Waals surface area contributed by atoms with Gasteiger partial charge in [-0.05, 0) is 63.8 Å². The number of piperidine rings is 1. The predicted octanol–water partition coefficient (Wildman–Crippen LogP) is 7.50. The second-order valence-electron chi connectivity index (χ2n) is 11.4. The van der Waals surface area contributed by atoms with Crippen LogP contribution in [0.3, 0.4) is 0 Å². The molecule has 1 aliphatic heterocycles. The highest BCUT2D eigenvalue weighted by Gasteiger charge is 2.40. The van der Waals surface area contributed by atoms with E-state index >= 15 is 0 Å². The minimum Gasteiger partial charge on any atom is -0.444 e. The van der Waals surface area contributed by atoms with Crippen molar-refractivity contribution in [3.05, 3.63) is 84.2 Å². The molecule has 1 atom stereocenters. The Hall–Kier alpha value is -3.84. The first-order chi connectivity index (χ1) is 18.6. The van der Waals surface area contributed by atoms with Gasteiger partial charge in [0, 0.05) is 36.2 Å². The van der Waals surface area contributed by atoms with Crippen molar-refractivity contribution in [2.45, 2.75) is 59.2 Å². The van der Waals surface area contributed by atoms with Crippen molar-refractivity contribution >= 4 is 5.97 Å². The summed E-state index contributed by atoms with van der Waals surface area (Å²) in [6.07, 6.45) is 2.91. The van der Waals surface area contributed by atoms with Gasteiger partial charge in [-0.2, -0.15) is 4.98 Å². The molecule has 1 aromatic heterocycles. The first-order valence-electron chi connectivity index (χ1n) is 13.4. The van der Waals surface area contributed by atoms with Crippen molar-refractivity contribution in [2.24, 2.45) is 5.41 Å². The van der Waals surface area contributed by atoms with E-state index in [4.69, 9.17) is 9.26 Å². The Bertz CT molecular complexity index is 1440. The number of esters is 1. The molecule has 0 aliphatic carbocycles. The van der Waals surface area contributed by atoms with Crippen LogP contribution in [0.1, 0.15) is 52.5 Å². The van der Waals surface area contributed by atoms with Gasteiger partial charge in [0.05, 0.1) is 5.41 Å². The van der Waals surface area contributed by atoms with Gasteiger partial charge in [-0.15, -0.1) is 0 Å². The third-order valence-electron chi connectivity index (χ3n) is 7.22. The Kier molecular flexibility index (Phi) is 7.36. The van der Waals surface area contributed by atoms with Crippen LogP contribution >= 0.6 is 0 Å². The van der Waals surface area contributed by atoms with E-state index in [1.807, 2.05) is 82.3 Å². The standard InChI is InChI=1S/C32H34FN3O3/c1-31(2,3)30(37)38-32(4)18-8-9-19-36(32)21-22-12-14-24(15-13-22)28-34-29(39-35-28)25-16-17-26(27(33)20-25)23-10-6-5-7-11-23/h5-7,10-17,20H,8-9,18-19,21H2,1-4H3. The van der Waals surface area contributed by atoms with Crippen LogP contribution in [0.2, 0.25) is 0 Å². The third kappa shape index (κ3) is 5.93. The van der Waals surface area contributed by atoms with E-state index in [9.17, 15) is 9.18 Å². The number of halogens is 1. The quantitative estimate of drug-likeness (QED) is 0.242. The van der Waals surface area contributed by atoms with Gasteiger partial charge in [-0.3, -0.25) is 9.69 Å². The number of nitrogens with zero attached hydrogens (tertiary/aromatic N) is 3. The van der Waals surface area contributed by atoms with Gasteiger partial charge >= 0.3 is 5.97 Å². The zero-order valence-electron chi connectivity index (χ0n) is 22.9. The smallest absolute Gasteiger partial charge is 0.312 e. The monoisotopic (exact) mass is 527 g/mol. The summed E-state index contributed by atoms with van der Waals surface area (Å²) in [5, 5.41) is 4.12. The topological polar surface area (TPSA) is 68.5 Å². The number of aromatic nitrogens is 2. The number of hydrogen-bond acceptors (Lipinski definition) is 6. The van der Waals surface area contributed by atoms with Crippen LogP contribution in [0.15, 0.2) is 77.3 Å². The fraction of sp³-hybridized carbons (Fsp3) is 0.344. The van der Waals surface area contributed by atoms with Crippen LogP contribution in [0.4, 0.5) is 4.39 Å². The van der Waals surface area contributed by atoms with Crippen molar-refractivity contribution < 1.29 is 18.4 Å². The zero-order valence-corrected chi connectivity index (χ0v) is 22.9. The highest BCUT2D eigenvalue weighted by Crippen LogP contribution is 2.34. The van der Waals surface area contributed by atoms with E-state index in [-0.39, 0.29) is 17.7 Å². The lowest BCUT2D eigenvalue weighted by atomic mass is 9.95. The normalized spacial score (nSPS) is 18.2. The van der Waals surface area contributed by atoms with E-state index in [1.54, 1.807) is 12.1 Å². The van der Waals surface area contributed by atoms with Gasteiger partial charge in [0.2, 0.25) is 5.82 Å². The minimum absolute atomic E-state index is 0.185. The number of rotatable bonds is 6. The van der Waals surface area contributed by atoms with Crippen LogP contribution in [-0.2, 0) is 16.1 Å². The second kappa shape index (κ2) is 10.7. The van der Waals surface area contributed by atoms with Gasteiger partial charge in [0.1, 0.15) is 5.82 Å². The number of benzene rings is 3. The maximum absolute atomic E-state index is 14.8. The highest BCUT2D eigenvalue weighted by molar-refractivity contribution is 5.75. The lowest BCUT2D eigenvalue weighted by Crippen LogP contribution is -2.53. The molecule has 1 aliphatic rings. The third-order valence-corrected chi connectivity index (χ3v) is 7.22. The van der Waals surface area contributed by atoms with Crippen molar-refractivity contribution in [1.29, 1.82) is 0 Å². The van der Waals surface area contributed by atoms with E-state index < -0.39 is 11.1 Å². The molecule has 3 aromatic carbocycles. The van der Waals surface area contributed by atoms with Gasteiger partial charge < -0.3 is 9.26 Å². The summed E-state index contributed by atoms with van der Waals surface area (Å²) < 4.78 is 26.3. The first-order valence-corrected chi connectivity index (χ1v) is 13.4. The van der Waals surface area contributed by atoms with Crippen LogP contribution in [0, 0.1) is 11.2 Å². The van der Waals surface area contributed by atoms with Crippen LogP contribution < -0.4 is 0 Å². The largest absolute Gasteiger partial charge is 0.444 e. The molecule has 2 heterocycles. The molecule has 1 fully saturated rings. The SMILES string of the molecule is CC(C)(C)C(=O)OC1(C)CCCCN1Cc1ccc(-c2noc(-c3ccc(-c4ccccc4)c(F)c3)n2)cc1. The van der Waals surface area contributed by atoms with E-state index in [0.29, 0.717) is 23.5 Å². The van der Waals surface area contributed by atoms with Crippen molar-refractivity contribution in [3.8, 4) is 34.0 Å². The van der Waals surface area contributed by atoms with Gasteiger partial charge in [0.15, 0.2) is 5.72 Å². The summed E-state index contributed by atoms with van der Waals surface area (Å²) >= 11 is 0. The highest BCUT2D eigenvalue weighted by atomic mass is 19.1. The molecule has 0 N–H and O–H groups in total. The van der Waals surface area contributed by atoms with E-state index in [0.717, 1.165) is 42.5 Å². The summed E-state index contributed by atoms with van der Waals surface area (Å²) in [6, 6.07) is 22.3. The average Bonchev–Trinajstić information content (AvgIpc) is 3.41. The molecule has 1 unspecified atom stereocenters. The van der Waals surface area contributed by atoms with Gasteiger partial charge in [-0.1, -0.05) is 65.8 Å². The number of carbonyl (C=O) groups excluding carboxylic acids is 1. The molecule has 0 saturated carbocycles. The number of ether oxygens (including phenoxy) is 1. The lowest BCUT2D eigenvalue weighted by molar-refractivity contribution is -0.199. The molecular weight excluding hydrogens is 493 g/mol. The molecule has 4 aromatic rings. The van der Waals surface area contributed by atoms with Crippen LogP contribution in [0.5, 0.6) is 0 Å². The number of likely N-dealkylation sites (tertiary alicyclic amines) is 1. The van der Waals surface area contributed by atoms with Gasteiger partial charge in [0.25, 0.3) is 5.89 Å². The Morgan fingerprint density at radius 1 is 1.00 bits per heavy atom. The summed E-state index contributed by atoms with van der Waals surface area (Å²) in [6.45, 7) is 9.18. The fourth-order valence-corrected chi connectivity index (χ4v) is 4.80. The number of carbonyl (C=O) groups is 1. The first kappa shape index (κ1) is 26.8. The summed E-state index contributed by atoms with van der Waals surface area (Å²) in [7, 11) is 0. The van der Waals surface area contributed by atoms with E-state index in [1.165, 1.54) is 6.07 Å². The van der Waals surface area contributed by atoms with Crippen LogP contribution in [-0.4, -0.2) is 33.3 Å². The lowest BCUT2D eigenvalue weighted by Gasteiger charge is -2.45. The Morgan fingerprint density at radius 2 is 1.72 bits per heavy atom. The minimum atomic E-state index is -0.630. The Morgan fingerprint density at radius 3 is 2.41 bits per heavy atom. The molecule has 0 amide bonds. The average molecular weight is 528 g/mol. The molecule has 0 spiro atoms. The number of hydrogen-bond donors (Lipinski definition) is 0.